The van der Waals surface area contributed by atoms with Crippen molar-refractivity contribution in [3.63, 3.8) is 0 Å². The van der Waals surface area contributed by atoms with Crippen LogP contribution in [0.15, 0.2) is 24.3 Å². The van der Waals surface area contributed by atoms with Crippen LogP contribution in [0, 0.1) is 11.7 Å². The van der Waals surface area contributed by atoms with Gasteiger partial charge in [-0.3, -0.25) is 19.3 Å². The maximum absolute atomic E-state index is 13.1. The van der Waals surface area contributed by atoms with E-state index in [-0.39, 0.29) is 29.5 Å². The van der Waals surface area contributed by atoms with Crippen LogP contribution < -0.4 is 0 Å². The van der Waals surface area contributed by atoms with Crippen LogP contribution in [0.1, 0.15) is 29.6 Å². The molecule has 0 bridgehead atoms. The first-order valence-electron chi connectivity index (χ1n) is 10.8. The largest absolute Gasteiger partial charge is 0.339 e. The van der Waals surface area contributed by atoms with Gasteiger partial charge in [-0.15, -0.1) is 0 Å². The van der Waals surface area contributed by atoms with Gasteiger partial charge in [0.05, 0.1) is 6.54 Å². The minimum absolute atomic E-state index is 0.0897. The SMILES string of the molecule is O=C(CN1CCCN(C(=O)c2ccc(F)cc2)CC1)N1CCN(C(=O)C2CC2)CC1. The minimum atomic E-state index is -0.357. The maximum Gasteiger partial charge on any atom is 0.253 e. The van der Waals surface area contributed by atoms with Crippen LogP contribution in [0.25, 0.3) is 0 Å². The highest BCUT2D eigenvalue weighted by Gasteiger charge is 2.35. The van der Waals surface area contributed by atoms with Crippen LogP contribution >= 0.6 is 0 Å². The Morgan fingerprint density at radius 3 is 2.10 bits per heavy atom. The van der Waals surface area contributed by atoms with Crippen molar-refractivity contribution >= 4 is 17.7 Å². The van der Waals surface area contributed by atoms with E-state index in [1.165, 1.54) is 24.3 Å². The van der Waals surface area contributed by atoms with E-state index in [0.29, 0.717) is 57.9 Å². The van der Waals surface area contributed by atoms with E-state index in [1.54, 1.807) is 4.90 Å². The molecule has 3 fully saturated rings. The molecular formula is C22H29FN4O3. The lowest BCUT2D eigenvalue weighted by atomic mass is 10.2. The molecule has 2 heterocycles. The zero-order valence-corrected chi connectivity index (χ0v) is 17.3. The molecule has 162 valence electrons. The molecule has 30 heavy (non-hydrogen) atoms. The minimum Gasteiger partial charge on any atom is -0.339 e. The smallest absolute Gasteiger partial charge is 0.253 e. The molecule has 8 heteroatoms. The van der Waals surface area contributed by atoms with E-state index >= 15 is 0 Å². The Balaban J connectivity index is 1.23. The van der Waals surface area contributed by atoms with Crippen molar-refractivity contribution in [3.05, 3.63) is 35.6 Å². The summed E-state index contributed by atoms with van der Waals surface area (Å²) in [6, 6.07) is 5.62. The number of amides is 3. The van der Waals surface area contributed by atoms with E-state index in [4.69, 9.17) is 0 Å². The van der Waals surface area contributed by atoms with Gasteiger partial charge < -0.3 is 14.7 Å². The van der Waals surface area contributed by atoms with Gasteiger partial charge in [0.2, 0.25) is 11.8 Å². The molecule has 1 aromatic rings. The number of carbonyl (C=O) groups excluding carboxylic acids is 3. The number of hydrogen-bond donors (Lipinski definition) is 0. The zero-order chi connectivity index (χ0) is 21.1. The Morgan fingerprint density at radius 2 is 1.43 bits per heavy atom. The highest BCUT2D eigenvalue weighted by atomic mass is 19.1. The zero-order valence-electron chi connectivity index (χ0n) is 17.3. The molecule has 1 aromatic carbocycles. The molecule has 1 saturated carbocycles. The lowest BCUT2D eigenvalue weighted by Crippen LogP contribution is -2.53. The summed E-state index contributed by atoms with van der Waals surface area (Å²) in [5.41, 5.74) is 0.486. The fraction of sp³-hybridized carbons (Fsp3) is 0.591. The number of piperazine rings is 1. The van der Waals surface area contributed by atoms with E-state index in [1.807, 2.05) is 9.80 Å². The molecule has 2 saturated heterocycles. The fourth-order valence-electron chi connectivity index (χ4n) is 4.16. The summed E-state index contributed by atoms with van der Waals surface area (Å²) >= 11 is 0. The van der Waals surface area contributed by atoms with Crippen LogP contribution in [0.4, 0.5) is 4.39 Å². The first-order chi connectivity index (χ1) is 14.5. The van der Waals surface area contributed by atoms with E-state index in [2.05, 4.69) is 4.90 Å². The summed E-state index contributed by atoms with van der Waals surface area (Å²) < 4.78 is 13.1. The molecule has 0 unspecified atom stereocenters. The van der Waals surface area contributed by atoms with E-state index < -0.39 is 0 Å². The Hall–Kier alpha value is -2.48. The summed E-state index contributed by atoms with van der Waals surface area (Å²) in [6.07, 6.45) is 2.81. The van der Waals surface area contributed by atoms with Crippen molar-refractivity contribution in [2.24, 2.45) is 5.92 Å². The molecule has 0 spiro atoms. The number of benzene rings is 1. The topological polar surface area (TPSA) is 64.2 Å². The Labute approximate surface area is 176 Å². The molecular weight excluding hydrogens is 387 g/mol. The summed E-state index contributed by atoms with van der Waals surface area (Å²) in [4.78, 5) is 45.2. The van der Waals surface area contributed by atoms with Gasteiger partial charge in [-0.25, -0.2) is 4.39 Å². The first kappa shape index (κ1) is 20.8. The van der Waals surface area contributed by atoms with Gasteiger partial charge in [-0.05, 0) is 43.5 Å². The van der Waals surface area contributed by atoms with E-state index in [9.17, 15) is 18.8 Å². The molecule has 1 aliphatic carbocycles. The highest BCUT2D eigenvalue weighted by molar-refractivity contribution is 5.94. The molecule has 0 radical (unpaired) electrons. The van der Waals surface area contributed by atoms with Gasteiger partial charge in [0.25, 0.3) is 5.91 Å². The monoisotopic (exact) mass is 416 g/mol. The molecule has 4 rings (SSSR count). The number of nitrogens with zero attached hydrogens (tertiary/aromatic N) is 4. The summed E-state index contributed by atoms with van der Waals surface area (Å²) in [7, 11) is 0. The quantitative estimate of drug-likeness (QED) is 0.736. The lowest BCUT2D eigenvalue weighted by Gasteiger charge is -2.36. The van der Waals surface area contributed by atoms with Gasteiger partial charge in [0.15, 0.2) is 0 Å². The van der Waals surface area contributed by atoms with Crippen molar-refractivity contribution in [1.82, 2.24) is 19.6 Å². The Kier molecular flexibility index (Phi) is 6.32. The predicted octanol–water partition coefficient (Wildman–Crippen LogP) is 1.05. The summed E-state index contributed by atoms with van der Waals surface area (Å²) in [6.45, 7) is 5.37. The molecule has 0 N–H and O–H groups in total. The lowest BCUT2D eigenvalue weighted by molar-refractivity contribution is -0.140. The molecule has 7 nitrogen and oxygen atoms in total. The fourth-order valence-corrected chi connectivity index (χ4v) is 4.16. The van der Waals surface area contributed by atoms with Gasteiger partial charge in [-0.2, -0.15) is 0 Å². The Morgan fingerprint density at radius 1 is 0.800 bits per heavy atom. The molecule has 0 atom stereocenters. The predicted molar refractivity (Wildman–Crippen MR) is 109 cm³/mol. The van der Waals surface area contributed by atoms with Crippen molar-refractivity contribution < 1.29 is 18.8 Å². The second-order valence-electron chi connectivity index (χ2n) is 8.41. The standard InChI is InChI=1S/C22H29FN4O3/c23-19-6-4-18(5-7-19)21(29)26-9-1-8-24(10-11-26)16-20(28)25-12-14-27(15-13-25)22(30)17-2-3-17/h4-7,17H,1-3,8-16H2. The molecule has 3 aliphatic rings. The first-order valence-corrected chi connectivity index (χ1v) is 10.8. The van der Waals surface area contributed by atoms with E-state index in [0.717, 1.165) is 25.8 Å². The average Bonchev–Trinajstić information content (AvgIpc) is 3.61. The number of rotatable bonds is 4. The third-order valence-corrected chi connectivity index (χ3v) is 6.20. The van der Waals surface area contributed by atoms with Crippen LogP contribution in [0.5, 0.6) is 0 Å². The highest BCUT2D eigenvalue weighted by Crippen LogP contribution is 2.31. The van der Waals surface area contributed by atoms with Crippen LogP contribution in [-0.4, -0.2) is 96.2 Å². The third kappa shape index (κ3) is 4.98. The maximum atomic E-state index is 13.1. The van der Waals surface area contributed by atoms with Crippen LogP contribution in [0.2, 0.25) is 0 Å². The number of hydrogen-bond acceptors (Lipinski definition) is 4. The Bertz CT molecular complexity index is 788. The van der Waals surface area contributed by atoms with Gasteiger partial charge >= 0.3 is 0 Å². The van der Waals surface area contributed by atoms with Crippen molar-refractivity contribution in [2.45, 2.75) is 19.3 Å². The van der Waals surface area contributed by atoms with Crippen molar-refractivity contribution in [1.29, 1.82) is 0 Å². The number of halogens is 1. The van der Waals surface area contributed by atoms with Crippen LogP contribution in [0.3, 0.4) is 0 Å². The molecule has 2 aliphatic heterocycles. The van der Waals surface area contributed by atoms with Crippen LogP contribution in [-0.2, 0) is 9.59 Å². The van der Waals surface area contributed by atoms with Gasteiger partial charge in [0.1, 0.15) is 5.82 Å². The second kappa shape index (κ2) is 9.12. The third-order valence-electron chi connectivity index (χ3n) is 6.20. The second-order valence-corrected chi connectivity index (χ2v) is 8.41. The number of carbonyl (C=O) groups is 3. The van der Waals surface area contributed by atoms with Gasteiger partial charge in [-0.1, -0.05) is 0 Å². The summed E-state index contributed by atoms with van der Waals surface area (Å²) in [5, 5.41) is 0. The normalized spacial score (nSPS) is 20.8. The molecule has 0 aromatic heterocycles. The summed E-state index contributed by atoms with van der Waals surface area (Å²) in [5.74, 6) is 0.113. The molecule has 3 amide bonds. The van der Waals surface area contributed by atoms with Crippen molar-refractivity contribution in [3.8, 4) is 0 Å². The van der Waals surface area contributed by atoms with Crippen molar-refractivity contribution in [2.75, 3.05) is 58.9 Å². The van der Waals surface area contributed by atoms with Gasteiger partial charge in [0, 0.05) is 63.8 Å². The average molecular weight is 416 g/mol.